The molecule has 3 N–H and O–H groups in total. The zero-order valence-corrected chi connectivity index (χ0v) is 17.7. The molecule has 0 aliphatic carbocycles. The van der Waals surface area contributed by atoms with Gasteiger partial charge in [0.1, 0.15) is 5.56 Å². The Labute approximate surface area is 174 Å². The number of anilines is 2. The molecule has 9 heteroatoms. The van der Waals surface area contributed by atoms with Crippen molar-refractivity contribution in [2.75, 3.05) is 10.0 Å². The van der Waals surface area contributed by atoms with E-state index in [0.717, 1.165) is 5.56 Å². The van der Waals surface area contributed by atoms with Crippen molar-refractivity contribution in [1.82, 2.24) is 10.2 Å². The van der Waals surface area contributed by atoms with Crippen LogP contribution in [0.15, 0.2) is 53.6 Å². The van der Waals surface area contributed by atoms with Gasteiger partial charge in [-0.15, -0.1) is 0 Å². The maximum absolute atomic E-state index is 12.8. The fraction of sp³-hybridized carbons (Fsp3) is 0.200. The van der Waals surface area contributed by atoms with Gasteiger partial charge in [-0.2, -0.15) is 13.5 Å². The van der Waals surface area contributed by atoms with Crippen LogP contribution in [-0.2, 0) is 10.0 Å². The Morgan fingerprint density at radius 1 is 1.03 bits per heavy atom. The standard InChI is InChI=1S/C20H21ClN4O3S/c1-12(2)14-4-8-16(9-5-14)22-19(26)18-13(3)23-24-20(18)29(27,28)25-17-10-6-15(21)7-11-17/h4-12,25H,1-3H3,(H,22,26)(H,23,24). The molecule has 1 aromatic heterocycles. The van der Waals surface area contributed by atoms with Crippen LogP contribution in [0.3, 0.4) is 0 Å². The first-order valence-corrected chi connectivity index (χ1v) is 10.8. The van der Waals surface area contributed by atoms with Crippen molar-refractivity contribution in [3.8, 4) is 0 Å². The number of nitrogens with one attached hydrogen (secondary N) is 3. The Morgan fingerprint density at radius 3 is 2.21 bits per heavy atom. The van der Waals surface area contributed by atoms with Crippen molar-refractivity contribution in [1.29, 1.82) is 0 Å². The number of aryl methyl sites for hydroxylation is 1. The highest BCUT2D eigenvalue weighted by Crippen LogP contribution is 2.23. The molecular formula is C20H21ClN4O3S. The molecule has 0 atom stereocenters. The lowest BCUT2D eigenvalue weighted by Gasteiger charge is -2.10. The number of carbonyl (C=O) groups excluding carboxylic acids is 1. The van der Waals surface area contributed by atoms with Crippen molar-refractivity contribution in [2.24, 2.45) is 0 Å². The number of H-pyrrole nitrogens is 1. The number of hydrogen-bond acceptors (Lipinski definition) is 4. The average molecular weight is 433 g/mol. The molecule has 0 radical (unpaired) electrons. The van der Waals surface area contributed by atoms with Gasteiger partial charge in [0.2, 0.25) is 5.03 Å². The molecule has 1 heterocycles. The first-order valence-electron chi connectivity index (χ1n) is 8.92. The molecule has 0 fully saturated rings. The van der Waals surface area contributed by atoms with E-state index in [2.05, 4.69) is 34.1 Å². The first kappa shape index (κ1) is 20.9. The van der Waals surface area contributed by atoms with Gasteiger partial charge in [-0.3, -0.25) is 14.6 Å². The van der Waals surface area contributed by atoms with Gasteiger partial charge >= 0.3 is 0 Å². The van der Waals surface area contributed by atoms with Gasteiger partial charge in [-0.1, -0.05) is 37.6 Å². The van der Waals surface area contributed by atoms with Gasteiger partial charge in [0, 0.05) is 22.1 Å². The number of carbonyl (C=O) groups is 1. The zero-order valence-electron chi connectivity index (χ0n) is 16.2. The number of aromatic nitrogens is 2. The van der Waals surface area contributed by atoms with Gasteiger partial charge < -0.3 is 5.32 Å². The van der Waals surface area contributed by atoms with Gasteiger partial charge in [-0.05, 0) is 54.8 Å². The zero-order chi connectivity index (χ0) is 21.2. The quantitative estimate of drug-likeness (QED) is 0.531. The fourth-order valence-electron chi connectivity index (χ4n) is 2.74. The van der Waals surface area contributed by atoms with Gasteiger partial charge in [-0.25, -0.2) is 0 Å². The van der Waals surface area contributed by atoms with Crippen molar-refractivity contribution in [3.63, 3.8) is 0 Å². The molecule has 2 aromatic carbocycles. The van der Waals surface area contributed by atoms with Crippen LogP contribution in [0.2, 0.25) is 5.02 Å². The number of nitrogens with zero attached hydrogens (tertiary/aromatic N) is 1. The minimum absolute atomic E-state index is 0.0422. The van der Waals surface area contributed by atoms with E-state index >= 15 is 0 Å². The minimum Gasteiger partial charge on any atom is -0.322 e. The number of aromatic amines is 1. The third-order valence-electron chi connectivity index (χ3n) is 4.33. The van der Waals surface area contributed by atoms with Gasteiger partial charge in [0.25, 0.3) is 15.9 Å². The van der Waals surface area contributed by atoms with E-state index < -0.39 is 15.9 Å². The predicted octanol–water partition coefficient (Wildman–Crippen LogP) is 4.55. The average Bonchev–Trinajstić information content (AvgIpc) is 3.06. The molecule has 1 amide bonds. The van der Waals surface area contributed by atoms with Crippen LogP contribution in [-0.4, -0.2) is 24.5 Å². The summed E-state index contributed by atoms with van der Waals surface area (Å²) in [5.41, 5.74) is 2.31. The summed E-state index contributed by atoms with van der Waals surface area (Å²) in [6, 6.07) is 13.6. The van der Waals surface area contributed by atoms with Crippen LogP contribution in [0.25, 0.3) is 0 Å². The topological polar surface area (TPSA) is 104 Å². The summed E-state index contributed by atoms with van der Waals surface area (Å²) < 4.78 is 28.0. The molecule has 3 rings (SSSR count). The van der Waals surface area contributed by atoms with Crippen LogP contribution in [0.1, 0.15) is 41.4 Å². The lowest BCUT2D eigenvalue weighted by molar-refractivity contribution is 0.102. The van der Waals surface area contributed by atoms with E-state index in [1.807, 2.05) is 12.1 Å². The normalized spacial score (nSPS) is 11.5. The molecule has 7 nitrogen and oxygen atoms in total. The molecule has 0 aliphatic rings. The second-order valence-corrected chi connectivity index (χ2v) is 8.91. The predicted molar refractivity (Wildman–Crippen MR) is 114 cm³/mol. The molecule has 3 aromatic rings. The van der Waals surface area contributed by atoms with Crippen molar-refractivity contribution < 1.29 is 13.2 Å². The summed E-state index contributed by atoms with van der Waals surface area (Å²) in [6.45, 7) is 5.74. The third kappa shape index (κ3) is 4.78. The minimum atomic E-state index is -4.09. The number of sulfonamides is 1. The Balaban J connectivity index is 1.86. The molecule has 152 valence electrons. The number of halogens is 1. The molecule has 0 saturated heterocycles. The molecule has 0 spiro atoms. The van der Waals surface area contributed by atoms with Gasteiger partial charge in [0.15, 0.2) is 0 Å². The highest BCUT2D eigenvalue weighted by molar-refractivity contribution is 7.92. The third-order valence-corrected chi connectivity index (χ3v) is 5.89. The van der Waals surface area contributed by atoms with E-state index in [9.17, 15) is 13.2 Å². The van der Waals surface area contributed by atoms with Crippen LogP contribution in [0.5, 0.6) is 0 Å². The maximum Gasteiger partial charge on any atom is 0.282 e. The summed E-state index contributed by atoms with van der Waals surface area (Å²) in [5, 5.41) is 9.25. The first-order chi connectivity index (χ1) is 13.7. The highest BCUT2D eigenvalue weighted by Gasteiger charge is 2.28. The summed E-state index contributed by atoms with van der Waals surface area (Å²) in [4.78, 5) is 12.8. The van der Waals surface area contributed by atoms with E-state index in [1.165, 1.54) is 12.1 Å². The lowest BCUT2D eigenvalue weighted by atomic mass is 10.0. The smallest absolute Gasteiger partial charge is 0.282 e. The lowest BCUT2D eigenvalue weighted by Crippen LogP contribution is -2.20. The number of hydrogen-bond donors (Lipinski definition) is 3. The monoisotopic (exact) mass is 432 g/mol. The summed E-state index contributed by atoms with van der Waals surface area (Å²) in [6.07, 6.45) is 0. The Bertz CT molecular complexity index is 1120. The Morgan fingerprint density at radius 2 is 1.62 bits per heavy atom. The van der Waals surface area contributed by atoms with Crippen molar-refractivity contribution >= 4 is 38.9 Å². The largest absolute Gasteiger partial charge is 0.322 e. The summed E-state index contributed by atoms with van der Waals surface area (Å²) >= 11 is 5.83. The van der Waals surface area contributed by atoms with E-state index in [1.54, 1.807) is 31.2 Å². The van der Waals surface area contributed by atoms with Crippen molar-refractivity contribution in [2.45, 2.75) is 31.7 Å². The molecule has 29 heavy (non-hydrogen) atoms. The van der Waals surface area contributed by atoms with Crippen LogP contribution < -0.4 is 10.0 Å². The Hall–Kier alpha value is -2.84. The summed E-state index contributed by atoms with van der Waals surface area (Å²) in [5.74, 6) is -0.198. The second-order valence-electron chi connectivity index (χ2n) is 6.87. The van der Waals surface area contributed by atoms with E-state index in [4.69, 9.17) is 11.6 Å². The molecular weight excluding hydrogens is 412 g/mol. The number of rotatable bonds is 6. The van der Waals surface area contributed by atoms with E-state index in [0.29, 0.717) is 28.0 Å². The number of amides is 1. The molecule has 0 bridgehead atoms. The SMILES string of the molecule is Cc1[nH]nc(S(=O)(=O)Nc2ccc(Cl)cc2)c1C(=O)Nc1ccc(C(C)C)cc1. The molecule has 0 aliphatic heterocycles. The molecule has 0 saturated carbocycles. The second kappa shape index (κ2) is 8.26. The number of benzene rings is 2. The van der Waals surface area contributed by atoms with Crippen LogP contribution in [0, 0.1) is 6.92 Å². The van der Waals surface area contributed by atoms with E-state index in [-0.39, 0.29) is 10.6 Å². The van der Waals surface area contributed by atoms with Gasteiger partial charge in [0.05, 0.1) is 0 Å². The Kier molecular flexibility index (Phi) is 5.95. The summed E-state index contributed by atoms with van der Waals surface area (Å²) in [7, 11) is -4.09. The maximum atomic E-state index is 12.8. The van der Waals surface area contributed by atoms with Crippen LogP contribution >= 0.6 is 11.6 Å². The molecule has 0 unspecified atom stereocenters. The van der Waals surface area contributed by atoms with Crippen LogP contribution in [0.4, 0.5) is 11.4 Å². The van der Waals surface area contributed by atoms with Crippen molar-refractivity contribution in [3.05, 3.63) is 70.4 Å². The highest BCUT2D eigenvalue weighted by atomic mass is 35.5. The fourth-order valence-corrected chi connectivity index (χ4v) is 4.08.